The highest BCUT2D eigenvalue weighted by Gasteiger charge is 2.21. The predicted molar refractivity (Wildman–Crippen MR) is 147 cm³/mol. The van der Waals surface area contributed by atoms with Crippen molar-refractivity contribution < 1.29 is 23.8 Å². The Bertz CT molecular complexity index is 1310. The monoisotopic (exact) mass is 536 g/mol. The maximum absolute atomic E-state index is 13.4. The molecule has 1 saturated heterocycles. The van der Waals surface area contributed by atoms with E-state index in [-0.39, 0.29) is 18.7 Å². The number of urea groups is 1. The number of ether oxygens (including phenoxy) is 3. The number of amides is 3. The fourth-order valence-corrected chi connectivity index (χ4v) is 4.52. The zero-order valence-corrected chi connectivity index (χ0v) is 21.8. The zero-order valence-electron chi connectivity index (χ0n) is 21.0. The van der Waals surface area contributed by atoms with Crippen LogP contribution in [0.3, 0.4) is 0 Å². The van der Waals surface area contributed by atoms with Crippen LogP contribution in [-0.4, -0.2) is 63.0 Å². The summed E-state index contributed by atoms with van der Waals surface area (Å²) in [4.78, 5) is 30.4. The lowest BCUT2D eigenvalue weighted by molar-refractivity contribution is 0.0393. The van der Waals surface area contributed by atoms with Crippen molar-refractivity contribution in [1.29, 1.82) is 0 Å². The number of carbonyl (C=O) groups excluding carboxylic acids is 2. The molecule has 3 amide bonds. The van der Waals surface area contributed by atoms with Gasteiger partial charge in [-0.05, 0) is 67.1 Å². The van der Waals surface area contributed by atoms with Gasteiger partial charge in [0, 0.05) is 59.9 Å². The van der Waals surface area contributed by atoms with Gasteiger partial charge in [-0.1, -0.05) is 11.6 Å². The molecule has 0 radical (unpaired) electrons. The maximum Gasteiger partial charge on any atom is 0.326 e. The first kappa shape index (κ1) is 25.8. The average molecular weight is 537 g/mol. The number of carbonyl (C=O) groups is 2. The van der Waals surface area contributed by atoms with Gasteiger partial charge in [-0.2, -0.15) is 0 Å². The van der Waals surface area contributed by atoms with Crippen LogP contribution in [0.1, 0.15) is 15.9 Å². The van der Waals surface area contributed by atoms with E-state index in [4.69, 9.17) is 25.8 Å². The summed E-state index contributed by atoms with van der Waals surface area (Å²) in [5.74, 6) is 0.984. The Kier molecular flexibility index (Phi) is 7.97. The van der Waals surface area contributed by atoms with Crippen molar-refractivity contribution in [2.24, 2.45) is 0 Å². The minimum atomic E-state index is -0.263. The average Bonchev–Trinajstić information content (AvgIpc) is 3.39. The lowest BCUT2D eigenvalue weighted by Gasteiger charge is -2.31. The number of fused-ring (bicyclic) bond motifs is 1. The van der Waals surface area contributed by atoms with Crippen molar-refractivity contribution in [2.75, 3.05) is 61.7 Å². The van der Waals surface area contributed by atoms with Crippen molar-refractivity contribution >= 4 is 40.6 Å². The summed E-state index contributed by atoms with van der Waals surface area (Å²) in [5.41, 5.74) is 3.26. The van der Waals surface area contributed by atoms with E-state index in [1.165, 1.54) is 0 Å². The second-order valence-corrected chi connectivity index (χ2v) is 9.50. The number of anilines is 3. The normalized spacial score (nSPS) is 14.7. The highest BCUT2D eigenvalue weighted by atomic mass is 35.5. The third-order valence-corrected chi connectivity index (χ3v) is 6.72. The van der Waals surface area contributed by atoms with Gasteiger partial charge < -0.3 is 24.8 Å². The molecule has 0 bridgehead atoms. The summed E-state index contributed by atoms with van der Waals surface area (Å²) >= 11 is 6.00. The molecule has 0 aromatic heterocycles. The molecule has 2 N–H and O–H groups in total. The first-order valence-electron chi connectivity index (χ1n) is 12.4. The van der Waals surface area contributed by atoms with Gasteiger partial charge in [0.05, 0.1) is 13.2 Å². The predicted octanol–water partition coefficient (Wildman–Crippen LogP) is 5.00. The van der Waals surface area contributed by atoms with E-state index in [0.29, 0.717) is 59.8 Å². The molecule has 3 aromatic carbocycles. The van der Waals surface area contributed by atoms with Gasteiger partial charge in [0.2, 0.25) is 6.79 Å². The van der Waals surface area contributed by atoms with Gasteiger partial charge in [0.15, 0.2) is 11.5 Å². The van der Waals surface area contributed by atoms with Gasteiger partial charge in [-0.3, -0.25) is 14.6 Å². The fourth-order valence-electron chi connectivity index (χ4n) is 4.40. The Balaban J connectivity index is 1.33. The second-order valence-electron chi connectivity index (χ2n) is 9.07. The van der Waals surface area contributed by atoms with Crippen LogP contribution in [0, 0.1) is 6.92 Å². The van der Waals surface area contributed by atoms with Gasteiger partial charge >= 0.3 is 6.03 Å². The molecule has 0 unspecified atom stereocenters. The van der Waals surface area contributed by atoms with Crippen molar-refractivity contribution in [3.8, 4) is 11.5 Å². The molecular weight excluding hydrogens is 508 g/mol. The molecule has 5 rings (SSSR count). The van der Waals surface area contributed by atoms with Crippen LogP contribution in [0.2, 0.25) is 5.02 Å². The minimum Gasteiger partial charge on any atom is -0.454 e. The van der Waals surface area contributed by atoms with E-state index in [2.05, 4.69) is 15.5 Å². The maximum atomic E-state index is 13.4. The smallest absolute Gasteiger partial charge is 0.326 e. The Hall–Kier alpha value is -3.79. The molecule has 198 valence electrons. The number of morpholine rings is 1. The molecule has 38 heavy (non-hydrogen) atoms. The van der Waals surface area contributed by atoms with Crippen LogP contribution >= 0.6 is 11.6 Å². The summed E-state index contributed by atoms with van der Waals surface area (Å²) < 4.78 is 16.2. The number of nitrogens with zero attached hydrogens (tertiary/aromatic N) is 2. The highest BCUT2D eigenvalue weighted by molar-refractivity contribution is 6.30. The lowest BCUT2D eigenvalue weighted by Crippen LogP contribution is -2.44. The summed E-state index contributed by atoms with van der Waals surface area (Å²) in [7, 11) is 0. The molecule has 2 aliphatic rings. The van der Waals surface area contributed by atoms with Crippen LogP contribution in [0.15, 0.2) is 60.7 Å². The standard InChI is InChI=1S/C28H29ClN4O5/c1-19-16-20(27(34)30-23-7-9-25-26(17-23)38-18-37-25)2-8-24(19)33(11-10-32-12-14-36-15-13-32)28(35)31-22-5-3-21(29)4-6-22/h2-9,16-17H,10-15,18H2,1H3,(H,30,34)(H,31,35). The van der Waals surface area contributed by atoms with Crippen LogP contribution in [0.4, 0.5) is 21.9 Å². The van der Waals surface area contributed by atoms with Crippen molar-refractivity contribution in [3.63, 3.8) is 0 Å². The van der Waals surface area contributed by atoms with E-state index in [1.54, 1.807) is 59.5 Å². The molecule has 9 nitrogen and oxygen atoms in total. The molecular formula is C28H29ClN4O5. The molecule has 0 spiro atoms. The summed E-state index contributed by atoms with van der Waals surface area (Å²) in [6.07, 6.45) is 0. The first-order valence-corrected chi connectivity index (χ1v) is 12.8. The van der Waals surface area contributed by atoms with Crippen LogP contribution in [0.5, 0.6) is 11.5 Å². The molecule has 0 atom stereocenters. The third-order valence-electron chi connectivity index (χ3n) is 6.46. The number of aryl methyl sites for hydroxylation is 1. The summed E-state index contributed by atoms with van der Waals surface area (Å²) in [6.45, 7) is 6.25. The number of hydrogen-bond acceptors (Lipinski definition) is 6. The second kappa shape index (κ2) is 11.7. The first-order chi connectivity index (χ1) is 18.5. The Morgan fingerprint density at radius 3 is 2.42 bits per heavy atom. The minimum absolute atomic E-state index is 0.168. The SMILES string of the molecule is Cc1cc(C(=O)Nc2ccc3c(c2)OCO3)ccc1N(CCN1CCOCC1)C(=O)Nc1ccc(Cl)cc1. The number of rotatable bonds is 7. The van der Waals surface area contributed by atoms with E-state index in [9.17, 15) is 9.59 Å². The third kappa shape index (κ3) is 6.19. The summed E-state index contributed by atoms with van der Waals surface area (Å²) in [5, 5.41) is 6.45. The highest BCUT2D eigenvalue weighted by Crippen LogP contribution is 2.34. The van der Waals surface area contributed by atoms with E-state index >= 15 is 0 Å². The van der Waals surface area contributed by atoms with Gasteiger partial charge in [-0.15, -0.1) is 0 Å². The van der Waals surface area contributed by atoms with Crippen molar-refractivity contribution in [2.45, 2.75) is 6.92 Å². The molecule has 0 aliphatic carbocycles. The zero-order chi connectivity index (χ0) is 26.5. The van der Waals surface area contributed by atoms with Gasteiger partial charge in [0.25, 0.3) is 5.91 Å². The molecule has 0 saturated carbocycles. The number of benzene rings is 3. The van der Waals surface area contributed by atoms with Gasteiger partial charge in [-0.25, -0.2) is 4.79 Å². The molecule has 10 heteroatoms. The molecule has 1 fully saturated rings. The number of nitrogens with one attached hydrogen (secondary N) is 2. The van der Waals surface area contributed by atoms with E-state index in [1.807, 2.05) is 13.0 Å². The Labute approximate surface area is 226 Å². The van der Waals surface area contributed by atoms with Crippen LogP contribution in [-0.2, 0) is 4.74 Å². The van der Waals surface area contributed by atoms with Gasteiger partial charge in [0.1, 0.15) is 0 Å². The number of hydrogen-bond donors (Lipinski definition) is 2. The quantitative estimate of drug-likeness (QED) is 0.441. The van der Waals surface area contributed by atoms with Crippen molar-refractivity contribution in [3.05, 3.63) is 76.8 Å². The van der Waals surface area contributed by atoms with Crippen LogP contribution < -0.4 is 25.0 Å². The van der Waals surface area contributed by atoms with E-state index in [0.717, 1.165) is 24.3 Å². The summed E-state index contributed by atoms with van der Waals surface area (Å²) in [6, 6.07) is 17.3. The molecule has 3 aromatic rings. The lowest BCUT2D eigenvalue weighted by atomic mass is 10.1. The molecule has 2 heterocycles. The van der Waals surface area contributed by atoms with Crippen molar-refractivity contribution in [1.82, 2.24) is 4.90 Å². The largest absolute Gasteiger partial charge is 0.454 e. The van der Waals surface area contributed by atoms with E-state index < -0.39 is 0 Å². The topological polar surface area (TPSA) is 92.4 Å². The Morgan fingerprint density at radius 2 is 1.66 bits per heavy atom. The van der Waals surface area contributed by atoms with Crippen LogP contribution in [0.25, 0.3) is 0 Å². The Morgan fingerprint density at radius 1 is 0.921 bits per heavy atom. The fraction of sp³-hybridized carbons (Fsp3) is 0.286. The number of halogens is 1. The molecule has 2 aliphatic heterocycles.